The van der Waals surface area contributed by atoms with Gasteiger partial charge in [-0.2, -0.15) is 0 Å². The van der Waals surface area contributed by atoms with E-state index in [2.05, 4.69) is 192 Å². The van der Waals surface area contributed by atoms with E-state index in [4.69, 9.17) is 0 Å². The lowest BCUT2D eigenvalue weighted by atomic mass is 9.74. The molecule has 0 saturated heterocycles. The van der Waals surface area contributed by atoms with Gasteiger partial charge in [0, 0.05) is 48.3 Å². The van der Waals surface area contributed by atoms with Crippen LogP contribution in [0.5, 0.6) is 0 Å². The summed E-state index contributed by atoms with van der Waals surface area (Å²) < 4.78 is 2.65. The van der Waals surface area contributed by atoms with Gasteiger partial charge in [0.1, 0.15) is 0 Å². The van der Waals surface area contributed by atoms with Crippen LogP contribution in [-0.2, 0) is 18.3 Å². The van der Waals surface area contributed by atoms with E-state index < -0.39 is 0 Å². The third-order valence-electron chi connectivity index (χ3n) is 12.0. The number of anilines is 6. The first kappa shape index (κ1) is 31.4. The molecule has 9 aromatic rings. The molecule has 54 heavy (non-hydrogen) atoms. The van der Waals surface area contributed by atoms with Crippen LogP contribution >= 0.6 is 11.3 Å². The van der Waals surface area contributed by atoms with Gasteiger partial charge in [0.05, 0.1) is 11.4 Å². The van der Waals surface area contributed by atoms with E-state index in [1.165, 1.54) is 87.3 Å². The van der Waals surface area contributed by atoms with Crippen LogP contribution in [0.4, 0.5) is 34.1 Å². The summed E-state index contributed by atoms with van der Waals surface area (Å²) in [6.07, 6.45) is 4.33. The molecule has 0 N–H and O–H groups in total. The van der Waals surface area contributed by atoms with Gasteiger partial charge in [-0.05, 0) is 125 Å². The van der Waals surface area contributed by atoms with Crippen molar-refractivity contribution in [2.24, 2.45) is 0 Å². The van der Waals surface area contributed by atoms with Crippen LogP contribution < -0.4 is 9.80 Å². The highest BCUT2D eigenvalue weighted by molar-refractivity contribution is 7.25. The summed E-state index contributed by atoms with van der Waals surface area (Å²) in [4.78, 5) is 5.05. The Morgan fingerprint density at radius 1 is 0.389 bits per heavy atom. The molecule has 0 saturated carbocycles. The lowest BCUT2D eigenvalue weighted by Gasteiger charge is -2.37. The summed E-state index contributed by atoms with van der Waals surface area (Å²) in [6, 6.07) is 67.6. The van der Waals surface area contributed by atoms with Crippen LogP contribution in [0.15, 0.2) is 182 Å². The maximum atomic E-state index is 2.54. The minimum absolute atomic E-state index is 0.128. The summed E-state index contributed by atoms with van der Waals surface area (Å²) in [5, 5.41) is 5.17. The van der Waals surface area contributed by atoms with Crippen molar-refractivity contribution in [1.82, 2.24) is 0 Å². The molecule has 2 aliphatic rings. The van der Waals surface area contributed by atoms with Crippen LogP contribution in [0.25, 0.3) is 30.9 Å². The van der Waals surface area contributed by atoms with E-state index in [1.54, 1.807) is 0 Å². The summed E-state index contributed by atoms with van der Waals surface area (Å²) in [6.45, 7) is 0. The van der Waals surface area contributed by atoms with Gasteiger partial charge in [-0.25, -0.2) is 0 Å². The second kappa shape index (κ2) is 12.5. The lowest BCUT2D eigenvalue weighted by molar-refractivity contribution is 0.508. The normalized spacial score (nSPS) is 15.9. The van der Waals surface area contributed by atoms with Crippen molar-refractivity contribution in [3.05, 3.63) is 204 Å². The van der Waals surface area contributed by atoms with Crippen molar-refractivity contribution >= 4 is 76.4 Å². The Bertz CT molecular complexity index is 2850. The zero-order chi connectivity index (χ0) is 35.6. The highest BCUT2D eigenvalue weighted by Gasteiger charge is 2.49. The Hall–Kier alpha value is -6.16. The molecule has 0 amide bonds. The summed E-state index contributed by atoms with van der Waals surface area (Å²) in [7, 11) is 0. The third kappa shape index (κ3) is 4.85. The molecule has 0 bridgehead atoms. The number of fused-ring (bicyclic) bond motifs is 8. The Morgan fingerprint density at radius 2 is 0.926 bits per heavy atom. The molecule has 8 aromatic carbocycles. The second-order valence-electron chi connectivity index (χ2n) is 14.9. The van der Waals surface area contributed by atoms with E-state index in [0.29, 0.717) is 0 Å². The zero-order valence-electron chi connectivity index (χ0n) is 30.0. The van der Waals surface area contributed by atoms with Crippen LogP contribution in [0.1, 0.15) is 35.1 Å². The molecule has 1 atom stereocenters. The topological polar surface area (TPSA) is 6.48 Å². The SMILES string of the molecule is c1ccc(N(c2ccc3ccccc3c2)c2cccc3c2[C@@]2(CC3)CCc3cccc(N(c4ccccc4)c4ccc5c(c4)sc4ccccc45)c32)cc1. The Labute approximate surface area is 320 Å². The molecule has 1 heterocycles. The van der Waals surface area contributed by atoms with E-state index in [0.717, 1.165) is 25.7 Å². The highest BCUT2D eigenvalue weighted by Crippen LogP contribution is 2.60. The molecule has 0 aliphatic heterocycles. The summed E-state index contributed by atoms with van der Waals surface area (Å²) >= 11 is 1.89. The molecule has 0 fully saturated rings. The quantitative estimate of drug-likeness (QED) is 0.169. The molecule has 2 nitrogen and oxygen atoms in total. The largest absolute Gasteiger partial charge is 0.310 e. The van der Waals surface area contributed by atoms with E-state index in [9.17, 15) is 0 Å². The predicted octanol–water partition coefficient (Wildman–Crippen LogP) is 14.3. The van der Waals surface area contributed by atoms with Crippen molar-refractivity contribution in [2.75, 3.05) is 9.80 Å². The van der Waals surface area contributed by atoms with E-state index >= 15 is 0 Å². The number of para-hydroxylation sites is 2. The number of aryl methyl sites for hydroxylation is 2. The van der Waals surface area contributed by atoms with Crippen molar-refractivity contribution < 1.29 is 0 Å². The van der Waals surface area contributed by atoms with Crippen molar-refractivity contribution in [3.8, 4) is 0 Å². The number of hydrogen-bond donors (Lipinski definition) is 0. The number of rotatable bonds is 6. The predicted molar refractivity (Wildman–Crippen MR) is 230 cm³/mol. The summed E-state index contributed by atoms with van der Waals surface area (Å²) in [5.74, 6) is 0. The standard InChI is InChI=1S/C51H38N2S/c1-3-17-39(18-4-1)52(41-26-25-35-13-7-8-14-38(35)33-41)45-22-11-15-36-29-31-51(49(36)45)32-30-37-16-12-23-46(50(37)51)53(40-19-5-2-6-20-40)42-27-28-44-43-21-9-10-24-47(43)54-48(44)34-42/h1-28,33-34H,29-32H2/t51-/m1/s1. The Morgan fingerprint density at radius 3 is 1.59 bits per heavy atom. The van der Waals surface area contributed by atoms with Gasteiger partial charge in [0.15, 0.2) is 0 Å². The first-order valence-corrected chi connectivity index (χ1v) is 19.9. The molecule has 11 rings (SSSR count). The Balaban J connectivity index is 1.13. The highest BCUT2D eigenvalue weighted by atomic mass is 32.1. The molecule has 1 spiro atoms. The zero-order valence-corrected chi connectivity index (χ0v) is 30.8. The minimum Gasteiger partial charge on any atom is -0.310 e. The first-order valence-electron chi connectivity index (χ1n) is 19.1. The van der Waals surface area contributed by atoms with E-state index in [-0.39, 0.29) is 5.41 Å². The third-order valence-corrected chi connectivity index (χ3v) is 13.1. The van der Waals surface area contributed by atoms with Gasteiger partial charge in [0.25, 0.3) is 0 Å². The average Bonchev–Trinajstić information content (AvgIpc) is 3.93. The molecule has 258 valence electrons. The fraction of sp³-hybridized carbons (Fsp3) is 0.0980. The maximum absolute atomic E-state index is 2.54. The van der Waals surface area contributed by atoms with Gasteiger partial charge >= 0.3 is 0 Å². The molecular weight excluding hydrogens is 673 g/mol. The van der Waals surface area contributed by atoms with Crippen LogP contribution in [0.3, 0.4) is 0 Å². The minimum atomic E-state index is -0.128. The molecule has 0 radical (unpaired) electrons. The molecular formula is C51H38N2S. The smallest absolute Gasteiger partial charge is 0.0505 e. The summed E-state index contributed by atoms with van der Waals surface area (Å²) in [5.41, 5.74) is 13.1. The monoisotopic (exact) mass is 710 g/mol. The van der Waals surface area contributed by atoms with Gasteiger partial charge in [0.2, 0.25) is 0 Å². The number of hydrogen-bond acceptors (Lipinski definition) is 3. The fourth-order valence-electron chi connectivity index (χ4n) is 9.69. The lowest BCUT2D eigenvalue weighted by Crippen LogP contribution is -2.27. The molecule has 1 aromatic heterocycles. The van der Waals surface area contributed by atoms with Crippen molar-refractivity contribution in [2.45, 2.75) is 31.1 Å². The van der Waals surface area contributed by atoms with Gasteiger partial charge in [-0.15, -0.1) is 11.3 Å². The van der Waals surface area contributed by atoms with Crippen molar-refractivity contribution in [1.29, 1.82) is 0 Å². The average molecular weight is 711 g/mol. The maximum Gasteiger partial charge on any atom is 0.0505 e. The van der Waals surface area contributed by atoms with Gasteiger partial charge in [-0.3, -0.25) is 0 Å². The van der Waals surface area contributed by atoms with Crippen LogP contribution in [-0.4, -0.2) is 0 Å². The number of thiophene rings is 1. The van der Waals surface area contributed by atoms with E-state index in [1.807, 2.05) is 11.3 Å². The van der Waals surface area contributed by atoms with Crippen molar-refractivity contribution in [3.63, 3.8) is 0 Å². The Kier molecular flexibility index (Phi) is 7.25. The number of benzene rings is 8. The first-order chi connectivity index (χ1) is 26.7. The second-order valence-corrected chi connectivity index (χ2v) is 15.9. The number of nitrogens with zero attached hydrogens (tertiary/aromatic N) is 2. The fourth-order valence-corrected chi connectivity index (χ4v) is 10.8. The molecule has 0 unspecified atom stereocenters. The van der Waals surface area contributed by atoms with Crippen LogP contribution in [0, 0.1) is 0 Å². The van der Waals surface area contributed by atoms with Gasteiger partial charge < -0.3 is 9.80 Å². The van der Waals surface area contributed by atoms with Gasteiger partial charge in [-0.1, -0.05) is 115 Å². The van der Waals surface area contributed by atoms with Crippen LogP contribution in [0.2, 0.25) is 0 Å². The molecule has 2 aliphatic carbocycles. The molecule has 3 heteroatoms.